The number of rotatable bonds is 9. The largest absolute Gasteiger partial charge is 0.392 e. The van der Waals surface area contributed by atoms with Crippen LogP contribution in [0.25, 0.3) is 11.1 Å². The molecule has 0 radical (unpaired) electrons. The Morgan fingerprint density at radius 1 is 1.22 bits per heavy atom. The van der Waals surface area contributed by atoms with E-state index in [-0.39, 0.29) is 29.0 Å². The number of carbonyl (C=O) groups is 1. The molecule has 1 amide bonds. The summed E-state index contributed by atoms with van der Waals surface area (Å²) in [6.45, 7) is 7.25. The van der Waals surface area contributed by atoms with E-state index in [0.29, 0.717) is 41.4 Å². The summed E-state index contributed by atoms with van der Waals surface area (Å²) in [5, 5.41) is 22.4. The molecule has 4 aromatic heterocycles. The molecule has 0 aliphatic heterocycles. The van der Waals surface area contributed by atoms with Gasteiger partial charge in [-0.3, -0.25) is 14.5 Å². The van der Waals surface area contributed by atoms with Crippen LogP contribution in [0.3, 0.4) is 0 Å². The monoisotopic (exact) mass is 552 g/mol. The van der Waals surface area contributed by atoms with E-state index in [0.717, 1.165) is 24.9 Å². The molecule has 11 nitrogen and oxygen atoms in total. The first kappa shape index (κ1) is 27.7. The Morgan fingerprint density at radius 3 is 2.71 bits per heavy atom. The number of pyridine rings is 2. The zero-order chi connectivity index (χ0) is 29.3. The van der Waals surface area contributed by atoms with Crippen molar-refractivity contribution in [3.05, 3.63) is 81.5 Å². The van der Waals surface area contributed by atoms with Crippen molar-refractivity contribution in [1.29, 1.82) is 5.26 Å². The highest BCUT2D eigenvalue weighted by Gasteiger charge is 2.32. The lowest BCUT2D eigenvalue weighted by atomic mass is 9.90. The average molecular weight is 553 g/mol. The van der Waals surface area contributed by atoms with Gasteiger partial charge < -0.3 is 19.6 Å². The molecule has 11 heteroatoms. The highest BCUT2D eigenvalue weighted by molar-refractivity contribution is 5.81. The molecule has 1 aliphatic carbocycles. The van der Waals surface area contributed by atoms with Crippen LogP contribution in [0.15, 0.2) is 47.8 Å². The second-order valence-electron chi connectivity index (χ2n) is 11.1. The number of carbonyl (C=O) groups excluding carboxylic acids is 1. The van der Waals surface area contributed by atoms with Crippen LogP contribution in [0.2, 0.25) is 0 Å². The van der Waals surface area contributed by atoms with E-state index in [1.165, 1.54) is 33.1 Å². The summed E-state index contributed by atoms with van der Waals surface area (Å²) in [6.07, 6.45) is 8.71. The average Bonchev–Trinajstić information content (AvgIpc) is 3.41. The number of hydrogen-bond donors (Lipinski definition) is 2. The fourth-order valence-corrected chi connectivity index (χ4v) is 5.61. The first-order valence-electron chi connectivity index (χ1n) is 13.3. The van der Waals surface area contributed by atoms with Crippen molar-refractivity contribution in [2.24, 2.45) is 12.5 Å². The topological polar surface area (TPSA) is 142 Å². The normalized spacial score (nSPS) is 13.5. The first-order chi connectivity index (χ1) is 19.6. The Morgan fingerprint density at radius 2 is 2.02 bits per heavy atom. The van der Waals surface area contributed by atoms with Crippen LogP contribution in [0, 0.1) is 23.7 Å². The van der Waals surface area contributed by atoms with Gasteiger partial charge in [-0.1, -0.05) is 13.8 Å². The number of fused-ring (bicyclic) bond motifs is 1. The van der Waals surface area contributed by atoms with Crippen molar-refractivity contribution in [2.45, 2.75) is 46.8 Å². The molecule has 41 heavy (non-hydrogen) atoms. The Hall–Kier alpha value is -4.82. The molecule has 0 atom stereocenters. The molecule has 0 spiro atoms. The van der Waals surface area contributed by atoms with E-state index in [2.05, 4.69) is 51.7 Å². The van der Waals surface area contributed by atoms with Gasteiger partial charge in [-0.05, 0) is 54.5 Å². The summed E-state index contributed by atoms with van der Waals surface area (Å²) in [4.78, 5) is 39.3. The quantitative estimate of drug-likeness (QED) is 0.302. The Bertz CT molecular complexity index is 1710. The molecular formula is C30H32N8O3. The van der Waals surface area contributed by atoms with Crippen LogP contribution < -0.4 is 15.8 Å². The van der Waals surface area contributed by atoms with Gasteiger partial charge in [-0.25, -0.2) is 15.0 Å². The Balaban J connectivity index is 1.45. The van der Waals surface area contributed by atoms with E-state index in [4.69, 9.17) is 5.26 Å². The number of hydrogen-bond acceptors (Lipinski definition) is 8. The van der Waals surface area contributed by atoms with E-state index < -0.39 is 0 Å². The fourth-order valence-electron chi connectivity index (χ4n) is 5.61. The van der Waals surface area contributed by atoms with Crippen molar-refractivity contribution in [3.8, 4) is 17.2 Å². The molecule has 0 saturated carbocycles. The number of amides is 1. The summed E-state index contributed by atoms with van der Waals surface area (Å²) in [5.74, 6) is 0.668. The lowest BCUT2D eigenvalue weighted by Crippen LogP contribution is -2.29. The predicted molar refractivity (Wildman–Crippen MR) is 155 cm³/mol. The molecule has 210 valence electrons. The standard InChI is InChI=1S/C30H32N8O3/c1-19-9-20-11-30(2,3)12-26(20)38(19)8-7-37(18-40)28-24(17-39)23(5-6-32-28)21-10-25(29(41)36(4)16-21)35-27-15-33-22(13-31)14-34-27/h5-6,9-10,14-16,18,39H,7-8,11-12,17H2,1-4H3,(H,34,35). The van der Waals surface area contributed by atoms with Crippen LogP contribution in [0.1, 0.15) is 42.1 Å². The summed E-state index contributed by atoms with van der Waals surface area (Å²) in [7, 11) is 1.62. The van der Waals surface area contributed by atoms with Gasteiger partial charge in [0, 0.05) is 55.0 Å². The predicted octanol–water partition coefficient (Wildman–Crippen LogP) is 3.24. The van der Waals surface area contributed by atoms with Crippen molar-refractivity contribution in [3.63, 3.8) is 0 Å². The zero-order valence-corrected chi connectivity index (χ0v) is 23.5. The van der Waals surface area contributed by atoms with Gasteiger partial charge >= 0.3 is 0 Å². The van der Waals surface area contributed by atoms with Gasteiger partial charge in [-0.15, -0.1) is 0 Å². The summed E-state index contributed by atoms with van der Waals surface area (Å²) < 4.78 is 3.70. The third-order valence-electron chi connectivity index (χ3n) is 7.50. The maximum Gasteiger partial charge on any atom is 0.274 e. The summed E-state index contributed by atoms with van der Waals surface area (Å²) in [5.41, 5.74) is 5.91. The number of aryl methyl sites for hydroxylation is 2. The van der Waals surface area contributed by atoms with E-state index >= 15 is 0 Å². The minimum absolute atomic E-state index is 0.161. The Kier molecular flexibility index (Phi) is 7.43. The van der Waals surface area contributed by atoms with Crippen LogP contribution >= 0.6 is 0 Å². The lowest BCUT2D eigenvalue weighted by molar-refractivity contribution is -0.107. The molecule has 0 saturated heterocycles. The summed E-state index contributed by atoms with van der Waals surface area (Å²) >= 11 is 0. The maximum atomic E-state index is 12.9. The van der Waals surface area contributed by atoms with Crippen LogP contribution in [-0.2, 0) is 37.8 Å². The van der Waals surface area contributed by atoms with Crippen LogP contribution in [0.4, 0.5) is 17.3 Å². The van der Waals surface area contributed by atoms with Crippen molar-refractivity contribution in [2.75, 3.05) is 16.8 Å². The zero-order valence-electron chi connectivity index (χ0n) is 23.5. The lowest BCUT2D eigenvalue weighted by Gasteiger charge is -2.23. The van der Waals surface area contributed by atoms with Crippen LogP contribution in [-0.4, -0.2) is 42.1 Å². The van der Waals surface area contributed by atoms with E-state index in [1.807, 2.05) is 6.07 Å². The molecule has 4 aromatic rings. The number of nitrogens with zero attached hydrogens (tertiary/aromatic N) is 7. The van der Waals surface area contributed by atoms with Gasteiger partial charge in [0.05, 0.1) is 19.0 Å². The molecule has 0 fully saturated rings. The van der Waals surface area contributed by atoms with E-state index in [9.17, 15) is 14.7 Å². The number of anilines is 3. The second-order valence-corrected chi connectivity index (χ2v) is 11.1. The van der Waals surface area contributed by atoms with Gasteiger partial charge in [0.25, 0.3) is 5.56 Å². The molecule has 0 aromatic carbocycles. The SMILES string of the molecule is Cc1cc2c(n1CCN(C=O)c1nccc(-c3cc(Nc4cnc(C#N)cn4)c(=O)n(C)c3)c1CO)CC(C)(C)C2. The Labute approximate surface area is 237 Å². The number of aliphatic hydroxyl groups is 1. The molecule has 5 rings (SSSR count). The highest BCUT2D eigenvalue weighted by atomic mass is 16.3. The highest BCUT2D eigenvalue weighted by Crippen LogP contribution is 2.38. The minimum Gasteiger partial charge on any atom is -0.392 e. The summed E-state index contributed by atoms with van der Waals surface area (Å²) in [6, 6.07) is 7.54. The number of aliphatic hydroxyl groups excluding tert-OH is 1. The fraction of sp³-hybridized carbons (Fsp3) is 0.333. The second kappa shape index (κ2) is 11.0. The smallest absolute Gasteiger partial charge is 0.274 e. The number of nitrogens with one attached hydrogen (secondary N) is 1. The minimum atomic E-state index is -0.359. The number of nitriles is 1. The van der Waals surface area contributed by atoms with Gasteiger partial charge in [0.2, 0.25) is 6.41 Å². The molecule has 0 bridgehead atoms. The van der Waals surface area contributed by atoms with E-state index in [1.54, 1.807) is 31.6 Å². The number of aromatic nitrogens is 5. The van der Waals surface area contributed by atoms with Crippen LogP contribution in [0.5, 0.6) is 0 Å². The third-order valence-corrected chi connectivity index (χ3v) is 7.50. The van der Waals surface area contributed by atoms with Gasteiger partial charge in [0.15, 0.2) is 5.69 Å². The van der Waals surface area contributed by atoms with Crippen molar-refractivity contribution >= 4 is 23.7 Å². The van der Waals surface area contributed by atoms with Crippen molar-refractivity contribution < 1.29 is 9.90 Å². The van der Waals surface area contributed by atoms with Gasteiger partial charge in [0.1, 0.15) is 23.4 Å². The third kappa shape index (κ3) is 5.47. The molecule has 2 N–H and O–H groups in total. The van der Waals surface area contributed by atoms with Crippen molar-refractivity contribution in [1.82, 2.24) is 24.1 Å². The molecule has 4 heterocycles. The molecular weight excluding hydrogens is 520 g/mol. The van der Waals surface area contributed by atoms with Gasteiger partial charge in [-0.2, -0.15) is 5.26 Å². The first-order valence-corrected chi connectivity index (χ1v) is 13.3. The maximum absolute atomic E-state index is 12.9. The molecule has 1 aliphatic rings. The molecule has 0 unspecified atom stereocenters.